The van der Waals surface area contributed by atoms with Crippen molar-refractivity contribution in [3.63, 3.8) is 0 Å². The standard InChI is InChI=1S/C17H18FN7/c1-13-9-21-25(12-13)16-4-2-3-15(22-16)23-5-7-24(8-6-23)17-19-10-14(18)11-20-17/h2-4,9-12H,5-8H2,1H3. The summed E-state index contributed by atoms with van der Waals surface area (Å²) in [6.45, 7) is 5.13. The lowest BCUT2D eigenvalue weighted by Gasteiger charge is -2.35. The van der Waals surface area contributed by atoms with Gasteiger partial charge in [0.15, 0.2) is 11.6 Å². The van der Waals surface area contributed by atoms with Crippen LogP contribution in [-0.2, 0) is 0 Å². The summed E-state index contributed by atoms with van der Waals surface area (Å²) in [4.78, 5) is 17.1. The van der Waals surface area contributed by atoms with Crippen molar-refractivity contribution in [2.75, 3.05) is 36.0 Å². The summed E-state index contributed by atoms with van der Waals surface area (Å²) in [7, 11) is 0. The maximum atomic E-state index is 12.9. The van der Waals surface area contributed by atoms with Gasteiger partial charge in [-0.15, -0.1) is 0 Å². The summed E-state index contributed by atoms with van der Waals surface area (Å²) in [5, 5.41) is 4.31. The minimum atomic E-state index is -0.419. The molecule has 0 aliphatic carbocycles. The molecule has 0 bridgehead atoms. The Hall–Kier alpha value is -3.03. The van der Waals surface area contributed by atoms with Crippen molar-refractivity contribution in [3.05, 3.63) is 54.4 Å². The highest BCUT2D eigenvalue weighted by molar-refractivity contribution is 5.45. The molecule has 0 unspecified atom stereocenters. The van der Waals surface area contributed by atoms with Gasteiger partial charge in [-0.25, -0.2) is 24.0 Å². The van der Waals surface area contributed by atoms with Crippen molar-refractivity contribution in [2.24, 2.45) is 0 Å². The number of halogens is 1. The third kappa shape index (κ3) is 3.28. The fourth-order valence-electron chi connectivity index (χ4n) is 2.86. The Morgan fingerprint density at radius 3 is 2.28 bits per heavy atom. The van der Waals surface area contributed by atoms with Crippen LogP contribution in [0.1, 0.15) is 5.56 Å². The molecule has 8 heteroatoms. The second-order valence-electron chi connectivity index (χ2n) is 5.99. The van der Waals surface area contributed by atoms with Gasteiger partial charge in [0.25, 0.3) is 0 Å². The van der Waals surface area contributed by atoms with Gasteiger partial charge in [-0.05, 0) is 24.6 Å². The van der Waals surface area contributed by atoms with Crippen molar-refractivity contribution in [1.29, 1.82) is 0 Å². The third-order valence-corrected chi connectivity index (χ3v) is 4.16. The summed E-state index contributed by atoms with van der Waals surface area (Å²) in [6.07, 6.45) is 6.17. The Labute approximate surface area is 144 Å². The molecule has 128 valence electrons. The second-order valence-corrected chi connectivity index (χ2v) is 5.99. The largest absolute Gasteiger partial charge is 0.353 e. The molecular weight excluding hydrogens is 321 g/mol. The molecule has 1 aliphatic rings. The molecule has 0 amide bonds. The number of rotatable bonds is 3. The van der Waals surface area contributed by atoms with Crippen LogP contribution in [0.3, 0.4) is 0 Å². The Morgan fingerprint density at radius 2 is 1.60 bits per heavy atom. The van der Waals surface area contributed by atoms with E-state index >= 15 is 0 Å². The van der Waals surface area contributed by atoms with Crippen molar-refractivity contribution in [3.8, 4) is 5.82 Å². The number of piperazine rings is 1. The number of hydrogen-bond acceptors (Lipinski definition) is 6. The molecule has 0 spiro atoms. The molecule has 0 aromatic carbocycles. The molecule has 0 radical (unpaired) electrons. The van der Waals surface area contributed by atoms with E-state index in [0.29, 0.717) is 5.95 Å². The monoisotopic (exact) mass is 339 g/mol. The average molecular weight is 339 g/mol. The molecule has 3 aromatic rings. The van der Waals surface area contributed by atoms with Crippen LogP contribution in [0, 0.1) is 12.7 Å². The lowest BCUT2D eigenvalue weighted by atomic mass is 10.3. The molecule has 4 rings (SSSR count). The first-order valence-electron chi connectivity index (χ1n) is 8.15. The van der Waals surface area contributed by atoms with Crippen LogP contribution in [0.5, 0.6) is 0 Å². The first-order chi connectivity index (χ1) is 12.2. The molecular formula is C17H18FN7. The maximum absolute atomic E-state index is 12.9. The minimum absolute atomic E-state index is 0.419. The number of pyridine rings is 1. The van der Waals surface area contributed by atoms with Crippen molar-refractivity contribution in [2.45, 2.75) is 6.92 Å². The van der Waals surface area contributed by atoms with Crippen LogP contribution in [-0.4, -0.2) is 50.9 Å². The van der Waals surface area contributed by atoms with Crippen molar-refractivity contribution >= 4 is 11.8 Å². The highest BCUT2D eigenvalue weighted by Crippen LogP contribution is 2.18. The van der Waals surface area contributed by atoms with Crippen molar-refractivity contribution < 1.29 is 4.39 Å². The van der Waals surface area contributed by atoms with Crippen molar-refractivity contribution in [1.82, 2.24) is 24.7 Å². The molecule has 0 saturated carbocycles. The predicted octanol–water partition coefficient (Wildman–Crippen LogP) is 1.83. The summed E-state index contributed by atoms with van der Waals surface area (Å²) in [5.41, 5.74) is 1.10. The molecule has 0 atom stereocenters. The summed E-state index contributed by atoms with van der Waals surface area (Å²) in [6, 6.07) is 5.94. The first-order valence-corrected chi connectivity index (χ1v) is 8.15. The second kappa shape index (κ2) is 6.46. The van der Waals surface area contributed by atoms with Gasteiger partial charge in [0.2, 0.25) is 5.95 Å². The van der Waals surface area contributed by atoms with Gasteiger partial charge < -0.3 is 9.80 Å². The van der Waals surface area contributed by atoms with Crippen LogP contribution >= 0.6 is 0 Å². The zero-order valence-electron chi connectivity index (χ0n) is 13.9. The lowest BCUT2D eigenvalue weighted by molar-refractivity contribution is 0.601. The van der Waals surface area contributed by atoms with E-state index in [4.69, 9.17) is 4.98 Å². The number of hydrogen-bond donors (Lipinski definition) is 0. The quantitative estimate of drug-likeness (QED) is 0.725. The van der Waals surface area contributed by atoms with Gasteiger partial charge in [0.05, 0.1) is 18.6 Å². The van der Waals surface area contributed by atoms with Crippen LogP contribution in [0.4, 0.5) is 16.2 Å². The molecule has 4 heterocycles. The highest BCUT2D eigenvalue weighted by Gasteiger charge is 2.20. The van der Waals surface area contributed by atoms with Crippen LogP contribution in [0.15, 0.2) is 43.0 Å². The molecule has 3 aromatic heterocycles. The molecule has 1 aliphatic heterocycles. The predicted molar refractivity (Wildman–Crippen MR) is 92.5 cm³/mol. The normalized spacial score (nSPS) is 14.8. The summed E-state index contributed by atoms with van der Waals surface area (Å²) >= 11 is 0. The fourth-order valence-corrected chi connectivity index (χ4v) is 2.86. The fraction of sp³-hybridized carbons (Fsp3) is 0.294. The molecule has 25 heavy (non-hydrogen) atoms. The zero-order valence-corrected chi connectivity index (χ0v) is 13.9. The average Bonchev–Trinajstić information content (AvgIpc) is 3.09. The van der Waals surface area contributed by atoms with Crippen LogP contribution in [0.2, 0.25) is 0 Å². The van der Waals surface area contributed by atoms with E-state index in [1.807, 2.05) is 37.5 Å². The minimum Gasteiger partial charge on any atom is -0.353 e. The SMILES string of the molecule is Cc1cnn(-c2cccc(N3CCN(c4ncc(F)cn4)CC3)n2)c1. The molecule has 0 N–H and O–H groups in total. The number of aromatic nitrogens is 5. The Kier molecular flexibility index (Phi) is 4.01. The van der Waals surface area contributed by atoms with E-state index in [1.165, 1.54) is 12.4 Å². The number of anilines is 2. The summed E-state index contributed by atoms with van der Waals surface area (Å²) < 4.78 is 14.7. The van der Waals surface area contributed by atoms with Gasteiger partial charge in [-0.1, -0.05) is 6.07 Å². The highest BCUT2D eigenvalue weighted by atomic mass is 19.1. The molecule has 1 saturated heterocycles. The van der Waals surface area contributed by atoms with E-state index in [0.717, 1.165) is 43.4 Å². The third-order valence-electron chi connectivity index (χ3n) is 4.16. The topological polar surface area (TPSA) is 63.0 Å². The lowest BCUT2D eigenvalue weighted by Crippen LogP contribution is -2.47. The van der Waals surface area contributed by atoms with E-state index < -0.39 is 5.82 Å². The van der Waals surface area contributed by atoms with Crippen LogP contribution < -0.4 is 9.80 Å². The molecule has 1 fully saturated rings. The number of aryl methyl sites for hydroxylation is 1. The maximum Gasteiger partial charge on any atom is 0.225 e. The van der Waals surface area contributed by atoms with Gasteiger partial charge in [-0.2, -0.15) is 5.10 Å². The van der Waals surface area contributed by atoms with Gasteiger partial charge >= 0.3 is 0 Å². The number of nitrogens with zero attached hydrogens (tertiary/aromatic N) is 7. The Bertz CT molecular complexity index is 853. The van der Waals surface area contributed by atoms with E-state index in [1.54, 1.807) is 4.68 Å². The smallest absolute Gasteiger partial charge is 0.225 e. The molecule has 7 nitrogen and oxygen atoms in total. The van der Waals surface area contributed by atoms with Crippen LogP contribution in [0.25, 0.3) is 5.82 Å². The van der Waals surface area contributed by atoms with Gasteiger partial charge in [0, 0.05) is 32.4 Å². The Morgan fingerprint density at radius 1 is 0.920 bits per heavy atom. The summed E-state index contributed by atoms with van der Waals surface area (Å²) in [5.74, 6) is 1.87. The van der Waals surface area contributed by atoms with Gasteiger partial charge in [-0.3, -0.25) is 0 Å². The van der Waals surface area contributed by atoms with E-state index in [-0.39, 0.29) is 0 Å². The van der Waals surface area contributed by atoms with E-state index in [9.17, 15) is 4.39 Å². The first kappa shape index (κ1) is 15.5. The Balaban J connectivity index is 1.46. The van der Waals surface area contributed by atoms with Gasteiger partial charge in [0.1, 0.15) is 5.82 Å². The van der Waals surface area contributed by atoms with E-state index in [2.05, 4.69) is 24.9 Å². The zero-order chi connectivity index (χ0) is 17.2.